The minimum atomic E-state index is -1.10. The van der Waals surface area contributed by atoms with Crippen LogP contribution in [-0.2, 0) is 9.59 Å². The Morgan fingerprint density at radius 2 is 1.93 bits per heavy atom. The van der Waals surface area contributed by atoms with Gasteiger partial charge in [0.05, 0.1) is 18.4 Å². The summed E-state index contributed by atoms with van der Waals surface area (Å²) in [6.07, 6.45) is 1.22. The van der Waals surface area contributed by atoms with Crippen LogP contribution in [0, 0.1) is 6.92 Å². The first-order chi connectivity index (χ1) is 12.9. The molecule has 0 aliphatic rings. The van der Waals surface area contributed by atoms with Crippen LogP contribution >= 0.6 is 0 Å². The van der Waals surface area contributed by atoms with Gasteiger partial charge in [-0.05, 0) is 49.7 Å². The summed E-state index contributed by atoms with van der Waals surface area (Å²) in [5, 5.41) is 15.2. The van der Waals surface area contributed by atoms with Gasteiger partial charge in [0.25, 0.3) is 0 Å². The topological polar surface area (TPSA) is 117 Å². The highest BCUT2D eigenvalue weighted by molar-refractivity contribution is 6.39. The molecule has 0 radical (unpaired) electrons. The van der Waals surface area contributed by atoms with E-state index in [2.05, 4.69) is 15.8 Å². The lowest BCUT2D eigenvalue weighted by atomic mass is 10.1. The molecule has 2 aromatic carbocycles. The lowest BCUT2D eigenvalue weighted by Crippen LogP contribution is -2.32. The standard InChI is InChI=1S/C19H19N3O5/c1-3-27-16-8-7-13(19(25)26)10-14(16)11-20-22-18(24)17(23)21-15-6-4-5-12(2)9-15/h4-11H,3H2,1-2H3,(H,21,23)(H,22,24)(H,25,26)/b20-11-. The summed E-state index contributed by atoms with van der Waals surface area (Å²) in [4.78, 5) is 34.8. The Kier molecular flexibility index (Phi) is 6.65. The number of carboxylic acid groups (broad SMARTS) is 1. The fraction of sp³-hybridized carbons (Fsp3) is 0.158. The van der Waals surface area contributed by atoms with Crippen molar-refractivity contribution in [3.8, 4) is 5.75 Å². The summed E-state index contributed by atoms with van der Waals surface area (Å²) in [6.45, 7) is 4.02. The average molecular weight is 369 g/mol. The predicted molar refractivity (Wildman–Crippen MR) is 100 cm³/mol. The first kappa shape index (κ1) is 19.6. The average Bonchev–Trinajstić information content (AvgIpc) is 2.62. The number of carbonyl (C=O) groups excluding carboxylic acids is 2. The second-order valence-corrected chi connectivity index (χ2v) is 5.51. The van der Waals surface area contributed by atoms with Crippen molar-refractivity contribution < 1.29 is 24.2 Å². The Hall–Kier alpha value is -3.68. The van der Waals surface area contributed by atoms with Gasteiger partial charge in [-0.1, -0.05) is 12.1 Å². The zero-order valence-corrected chi connectivity index (χ0v) is 14.9. The molecule has 0 atom stereocenters. The number of aromatic carboxylic acids is 1. The maximum Gasteiger partial charge on any atom is 0.335 e. The van der Waals surface area contributed by atoms with Crippen LogP contribution < -0.4 is 15.5 Å². The molecule has 0 fully saturated rings. The van der Waals surface area contributed by atoms with Crippen LogP contribution in [0.25, 0.3) is 0 Å². The molecule has 0 spiro atoms. The number of hydrazone groups is 1. The Morgan fingerprint density at radius 1 is 1.15 bits per heavy atom. The number of hydrogen-bond donors (Lipinski definition) is 3. The lowest BCUT2D eigenvalue weighted by Gasteiger charge is -2.08. The molecular weight excluding hydrogens is 350 g/mol. The van der Waals surface area contributed by atoms with Crippen LogP contribution in [0.4, 0.5) is 5.69 Å². The molecule has 2 aromatic rings. The van der Waals surface area contributed by atoms with Crippen LogP contribution in [0.5, 0.6) is 5.75 Å². The number of ether oxygens (including phenoxy) is 1. The number of carboxylic acids is 1. The van der Waals surface area contributed by atoms with Crippen molar-refractivity contribution in [1.29, 1.82) is 0 Å². The summed E-state index contributed by atoms with van der Waals surface area (Å²) in [5.74, 6) is -2.53. The maximum atomic E-state index is 11.9. The van der Waals surface area contributed by atoms with Gasteiger partial charge in [-0.15, -0.1) is 0 Å². The van der Waals surface area contributed by atoms with Gasteiger partial charge in [-0.3, -0.25) is 9.59 Å². The summed E-state index contributed by atoms with van der Waals surface area (Å²) in [5.41, 5.74) is 3.93. The Balaban J connectivity index is 2.05. The van der Waals surface area contributed by atoms with Gasteiger partial charge < -0.3 is 15.2 Å². The van der Waals surface area contributed by atoms with Crippen LogP contribution in [0.1, 0.15) is 28.4 Å². The van der Waals surface area contributed by atoms with Crippen LogP contribution in [0.2, 0.25) is 0 Å². The van der Waals surface area contributed by atoms with Crippen molar-refractivity contribution in [2.24, 2.45) is 5.10 Å². The largest absolute Gasteiger partial charge is 0.493 e. The van der Waals surface area contributed by atoms with E-state index in [0.29, 0.717) is 23.6 Å². The van der Waals surface area contributed by atoms with Gasteiger partial charge >= 0.3 is 17.8 Å². The highest BCUT2D eigenvalue weighted by atomic mass is 16.5. The molecule has 0 unspecified atom stereocenters. The van der Waals surface area contributed by atoms with E-state index in [1.54, 1.807) is 25.1 Å². The Bertz CT molecular complexity index is 893. The van der Waals surface area contributed by atoms with Gasteiger partial charge in [0, 0.05) is 11.3 Å². The zero-order chi connectivity index (χ0) is 19.8. The second-order valence-electron chi connectivity index (χ2n) is 5.51. The minimum absolute atomic E-state index is 0.0448. The van der Waals surface area contributed by atoms with Crippen LogP contribution in [0.15, 0.2) is 47.6 Å². The molecule has 0 bridgehead atoms. The van der Waals surface area contributed by atoms with Crippen molar-refractivity contribution in [3.05, 3.63) is 59.2 Å². The highest BCUT2D eigenvalue weighted by Crippen LogP contribution is 2.18. The SMILES string of the molecule is CCOc1ccc(C(=O)O)cc1/C=N\NC(=O)C(=O)Nc1cccc(C)c1. The second kappa shape index (κ2) is 9.14. The summed E-state index contributed by atoms with van der Waals surface area (Å²) < 4.78 is 5.39. The van der Waals surface area contributed by atoms with Gasteiger partial charge in [-0.25, -0.2) is 10.2 Å². The molecule has 8 nitrogen and oxygen atoms in total. The van der Waals surface area contributed by atoms with Gasteiger partial charge in [0.1, 0.15) is 5.75 Å². The fourth-order valence-electron chi connectivity index (χ4n) is 2.19. The molecule has 27 heavy (non-hydrogen) atoms. The molecular formula is C19H19N3O5. The zero-order valence-electron chi connectivity index (χ0n) is 14.9. The molecule has 0 heterocycles. The number of carbonyl (C=O) groups is 3. The monoisotopic (exact) mass is 369 g/mol. The predicted octanol–water partition coefficient (Wildman–Crippen LogP) is 2.18. The third kappa shape index (κ3) is 5.67. The number of amides is 2. The van der Waals surface area contributed by atoms with Gasteiger partial charge in [0.2, 0.25) is 0 Å². The number of rotatable bonds is 6. The number of nitrogens with one attached hydrogen (secondary N) is 2. The number of nitrogens with zero attached hydrogens (tertiary/aromatic N) is 1. The number of benzene rings is 2. The molecule has 0 aliphatic carbocycles. The summed E-state index contributed by atoms with van der Waals surface area (Å²) >= 11 is 0. The van der Waals surface area contributed by atoms with Crippen LogP contribution in [0.3, 0.4) is 0 Å². The van der Waals surface area contributed by atoms with E-state index < -0.39 is 17.8 Å². The molecule has 8 heteroatoms. The normalized spacial score (nSPS) is 10.4. The molecule has 0 saturated heterocycles. The third-order valence-electron chi connectivity index (χ3n) is 3.41. The van der Waals surface area contributed by atoms with E-state index in [1.807, 2.05) is 13.0 Å². The first-order valence-corrected chi connectivity index (χ1v) is 8.12. The van der Waals surface area contributed by atoms with Crippen molar-refractivity contribution >= 4 is 29.7 Å². The third-order valence-corrected chi connectivity index (χ3v) is 3.41. The van der Waals surface area contributed by atoms with E-state index in [1.165, 1.54) is 24.4 Å². The molecule has 2 rings (SSSR count). The molecule has 0 aliphatic heterocycles. The summed E-state index contributed by atoms with van der Waals surface area (Å²) in [7, 11) is 0. The first-order valence-electron chi connectivity index (χ1n) is 8.12. The van der Waals surface area contributed by atoms with E-state index >= 15 is 0 Å². The maximum absolute atomic E-state index is 11.9. The van der Waals surface area contributed by atoms with E-state index in [4.69, 9.17) is 9.84 Å². The smallest absolute Gasteiger partial charge is 0.335 e. The van der Waals surface area contributed by atoms with Crippen molar-refractivity contribution in [3.63, 3.8) is 0 Å². The molecule has 0 saturated carbocycles. The molecule has 3 N–H and O–H groups in total. The number of aryl methyl sites for hydroxylation is 1. The summed E-state index contributed by atoms with van der Waals surface area (Å²) in [6, 6.07) is 11.3. The Labute approximate surface area is 155 Å². The van der Waals surface area contributed by atoms with Crippen molar-refractivity contribution in [1.82, 2.24) is 5.43 Å². The minimum Gasteiger partial charge on any atom is -0.493 e. The van der Waals surface area contributed by atoms with Crippen molar-refractivity contribution in [2.75, 3.05) is 11.9 Å². The Morgan fingerprint density at radius 3 is 2.59 bits per heavy atom. The van der Waals surface area contributed by atoms with Gasteiger partial charge in [0.15, 0.2) is 0 Å². The van der Waals surface area contributed by atoms with E-state index in [0.717, 1.165) is 5.56 Å². The van der Waals surface area contributed by atoms with E-state index in [-0.39, 0.29) is 5.56 Å². The quantitative estimate of drug-likeness (QED) is 0.410. The molecule has 0 aromatic heterocycles. The van der Waals surface area contributed by atoms with Crippen LogP contribution in [-0.4, -0.2) is 35.7 Å². The fourth-order valence-corrected chi connectivity index (χ4v) is 2.19. The molecule has 140 valence electrons. The number of hydrogen-bond acceptors (Lipinski definition) is 5. The molecule has 2 amide bonds. The lowest BCUT2D eigenvalue weighted by molar-refractivity contribution is -0.136. The van der Waals surface area contributed by atoms with E-state index in [9.17, 15) is 14.4 Å². The number of anilines is 1. The van der Waals surface area contributed by atoms with Crippen molar-refractivity contribution in [2.45, 2.75) is 13.8 Å². The highest BCUT2D eigenvalue weighted by Gasteiger charge is 2.13. The van der Waals surface area contributed by atoms with Gasteiger partial charge in [-0.2, -0.15) is 5.10 Å².